The van der Waals surface area contributed by atoms with Crippen molar-refractivity contribution < 1.29 is 18.7 Å². The predicted octanol–water partition coefficient (Wildman–Crippen LogP) is 1.19. The van der Waals surface area contributed by atoms with E-state index in [2.05, 4.69) is 9.97 Å². The zero-order valence-electron chi connectivity index (χ0n) is 15.2. The topological polar surface area (TPSA) is 93.8 Å². The second kappa shape index (κ2) is 7.15. The van der Waals surface area contributed by atoms with Crippen LogP contribution < -0.4 is 15.4 Å². The average Bonchev–Trinajstić information content (AvgIpc) is 3.22. The first kappa shape index (κ1) is 17.7. The molecule has 2 fully saturated rings. The lowest BCUT2D eigenvalue weighted by Crippen LogP contribution is -2.51. The molecule has 1 unspecified atom stereocenters. The molecule has 0 radical (unpaired) electrons. The van der Waals surface area contributed by atoms with Crippen LogP contribution in [0, 0.1) is 5.82 Å². The van der Waals surface area contributed by atoms with Crippen LogP contribution in [0.2, 0.25) is 0 Å². The van der Waals surface area contributed by atoms with E-state index in [4.69, 9.17) is 15.2 Å². The number of hydrogen-bond acceptors (Lipinski definition) is 7. The maximum absolute atomic E-state index is 13.9. The van der Waals surface area contributed by atoms with E-state index >= 15 is 0 Å². The number of nitrogens with two attached hydrogens (primary N) is 1. The Morgan fingerprint density at radius 3 is 2.74 bits per heavy atom. The molecule has 1 aromatic heterocycles. The van der Waals surface area contributed by atoms with Crippen LogP contribution in [-0.4, -0.2) is 66.8 Å². The number of anilines is 2. The maximum Gasteiger partial charge on any atom is 0.251 e. The number of rotatable bonds is 3. The van der Waals surface area contributed by atoms with E-state index < -0.39 is 5.82 Å². The van der Waals surface area contributed by atoms with Crippen LogP contribution in [0.4, 0.5) is 16.2 Å². The van der Waals surface area contributed by atoms with E-state index in [1.54, 1.807) is 0 Å². The van der Waals surface area contributed by atoms with Crippen molar-refractivity contribution in [3.8, 4) is 5.75 Å². The van der Waals surface area contributed by atoms with E-state index in [1.807, 2.05) is 9.80 Å². The number of fused-ring (bicyclic) bond motifs is 1. The van der Waals surface area contributed by atoms with Crippen molar-refractivity contribution in [3.05, 3.63) is 17.9 Å². The van der Waals surface area contributed by atoms with Gasteiger partial charge in [-0.05, 0) is 18.9 Å². The van der Waals surface area contributed by atoms with Crippen LogP contribution in [0.1, 0.15) is 12.8 Å². The molecule has 4 rings (SSSR count). The van der Waals surface area contributed by atoms with E-state index in [1.165, 1.54) is 19.2 Å². The van der Waals surface area contributed by atoms with E-state index in [9.17, 15) is 9.18 Å². The van der Waals surface area contributed by atoms with Gasteiger partial charge in [-0.15, -0.1) is 0 Å². The molecule has 0 spiro atoms. The molecule has 0 aliphatic carbocycles. The second-order valence-electron chi connectivity index (χ2n) is 6.73. The number of benzene rings is 1. The molecule has 1 aromatic carbocycles. The van der Waals surface area contributed by atoms with Gasteiger partial charge < -0.3 is 25.0 Å². The third kappa shape index (κ3) is 3.34. The molecular weight excluding hydrogens is 353 g/mol. The number of aromatic nitrogens is 2. The summed E-state index contributed by atoms with van der Waals surface area (Å²) in [7, 11) is 1.40. The summed E-state index contributed by atoms with van der Waals surface area (Å²) in [4.78, 5) is 25.1. The fourth-order valence-electron chi connectivity index (χ4n) is 3.54. The lowest BCUT2D eigenvalue weighted by molar-refractivity contribution is -0.141. The number of piperazine rings is 1. The normalized spacial score (nSPS) is 20.3. The molecule has 2 aliphatic rings. The highest BCUT2D eigenvalue weighted by atomic mass is 19.1. The standard InChI is InChI=1S/C18H22FN5O3/c1-26-15-10-13-11(9-12(15)19)16(20)22-18(21-13)24-6-4-23(5-7-24)17(25)14-3-2-8-27-14/h9-10,14H,2-8H2,1H3,(H2,20,21,22). The highest BCUT2D eigenvalue weighted by Crippen LogP contribution is 2.28. The van der Waals surface area contributed by atoms with Gasteiger partial charge in [0.15, 0.2) is 11.6 Å². The summed E-state index contributed by atoms with van der Waals surface area (Å²) in [6.07, 6.45) is 1.43. The summed E-state index contributed by atoms with van der Waals surface area (Å²) in [6.45, 7) is 3.01. The summed E-state index contributed by atoms with van der Waals surface area (Å²) in [5.41, 5.74) is 6.54. The zero-order valence-corrected chi connectivity index (χ0v) is 15.2. The third-order valence-corrected chi connectivity index (χ3v) is 5.07. The van der Waals surface area contributed by atoms with Crippen molar-refractivity contribution in [3.63, 3.8) is 0 Å². The van der Waals surface area contributed by atoms with Gasteiger partial charge in [-0.3, -0.25) is 4.79 Å². The summed E-state index contributed by atoms with van der Waals surface area (Å²) < 4.78 is 24.4. The lowest BCUT2D eigenvalue weighted by Gasteiger charge is -2.35. The number of carbonyl (C=O) groups is 1. The van der Waals surface area contributed by atoms with Gasteiger partial charge in [0, 0.05) is 44.2 Å². The molecule has 1 atom stereocenters. The van der Waals surface area contributed by atoms with Crippen molar-refractivity contribution in [1.29, 1.82) is 0 Å². The third-order valence-electron chi connectivity index (χ3n) is 5.07. The number of carbonyl (C=O) groups excluding carboxylic acids is 1. The number of methoxy groups -OCH3 is 1. The predicted molar refractivity (Wildman–Crippen MR) is 98.2 cm³/mol. The number of nitrogens with zero attached hydrogens (tertiary/aromatic N) is 4. The minimum atomic E-state index is -0.505. The Morgan fingerprint density at radius 2 is 2.07 bits per heavy atom. The van der Waals surface area contributed by atoms with Gasteiger partial charge in [0.2, 0.25) is 5.95 Å². The average molecular weight is 375 g/mol. The first-order valence-corrected chi connectivity index (χ1v) is 9.03. The van der Waals surface area contributed by atoms with Crippen LogP contribution in [0.25, 0.3) is 10.9 Å². The molecule has 9 heteroatoms. The molecule has 2 aromatic rings. The fraction of sp³-hybridized carbons (Fsp3) is 0.500. The molecule has 2 saturated heterocycles. The molecule has 3 heterocycles. The Balaban J connectivity index is 1.51. The monoisotopic (exact) mass is 375 g/mol. The van der Waals surface area contributed by atoms with Gasteiger partial charge in [0.25, 0.3) is 5.91 Å². The van der Waals surface area contributed by atoms with Gasteiger partial charge in [-0.25, -0.2) is 9.37 Å². The van der Waals surface area contributed by atoms with Crippen LogP contribution in [0.15, 0.2) is 12.1 Å². The molecular formula is C18H22FN5O3. The zero-order chi connectivity index (χ0) is 19.0. The van der Waals surface area contributed by atoms with Crippen molar-refractivity contribution in [2.45, 2.75) is 18.9 Å². The van der Waals surface area contributed by atoms with E-state index in [0.717, 1.165) is 12.8 Å². The lowest BCUT2D eigenvalue weighted by atomic mass is 10.2. The molecule has 27 heavy (non-hydrogen) atoms. The minimum absolute atomic E-state index is 0.0614. The van der Waals surface area contributed by atoms with E-state index in [0.29, 0.717) is 49.6 Å². The van der Waals surface area contributed by atoms with Gasteiger partial charge in [-0.1, -0.05) is 0 Å². The largest absolute Gasteiger partial charge is 0.494 e. The number of halogens is 1. The van der Waals surface area contributed by atoms with Gasteiger partial charge in [-0.2, -0.15) is 4.98 Å². The Kier molecular flexibility index (Phi) is 4.69. The molecule has 0 bridgehead atoms. The molecule has 0 saturated carbocycles. The van der Waals surface area contributed by atoms with Crippen molar-refractivity contribution >= 4 is 28.6 Å². The Hall–Kier alpha value is -2.68. The summed E-state index contributed by atoms with van der Waals surface area (Å²) >= 11 is 0. The molecule has 1 amide bonds. The fourth-order valence-corrected chi connectivity index (χ4v) is 3.54. The number of hydrogen-bond donors (Lipinski definition) is 1. The Labute approximate surface area is 156 Å². The van der Waals surface area contributed by atoms with Crippen molar-refractivity contribution in [2.24, 2.45) is 0 Å². The van der Waals surface area contributed by atoms with Gasteiger partial charge in [0.1, 0.15) is 11.9 Å². The molecule has 2 N–H and O–H groups in total. The van der Waals surface area contributed by atoms with Crippen LogP contribution >= 0.6 is 0 Å². The SMILES string of the molecule is COc1cc2nc(N3CCN(C(=O)C4CCCO4)CC3)nc(N)c2cc1F. The molecule has 2 aliphatic heterocycles. The highest BCUT2D eigenvalue weighted by molar-refractivity contribution is 5.90. The molecule has 8 nitrogen and oxygen atoms in total. The maximum atomic E-state index is 13.9. The van der Waals surface area contributed by atoms with E-state index in [-0.39, 0.29) is 23.6 Å². The van der Waals surface area contributed by atoms with Crippen molar-refractivity contribution in [2.75, 3.05) is 50.5 Å². The smallest absolute Gasteiger partial charge is 0.251 e. The van der Waals surface area contributed by atoms with Crippen LogP contribution in [0.5, 0.6) is 5.75 Å². The highest BCUT2D eigenvalue weighted by Gasteiger charge is 2.31. The first-order valence-electron chi connectivity index (χ1n) is 9.03. The van der Waals surface area contributed by atoms with Gasteiger partial charge >= 0.3 is 0 Å². The Morgan fingerprint density at radius 1 is 1.30 bits per heavy atom. The van der Waals surface area contributed by atoms with Crippen molar-refractivity contribution in [1.82, 2.24) is 14.9 Å². The number of amides is 1. The van der Waals surface area contributed by atoms with Crippen LogP contribution in [0.3, 0.4) is 0 Å². The quantitative estimate of drug-likeness (QED) is 0.861. The first-order chi connectivity index (χ1) is 13.1. The van der Waals surface area contributed by atoms with Crippen LogP contribution in [-0.2, 0) is 9.53 Å². The second-order valence-corrected chi connectivity index (χ2v) is 6.73. The summed E-state index contributed by atoms with van der Waals surface area (Å²) in [5.74, 6) is 0.353. The summed E-state index contributed by atoms with van der Waals surface area (Å²) in [5, 5.41) is 0.448. The number of ether oxygens (including phenoxy) is 2. The number of nitrogen functional groups attached to an aromatic ring is 1. The Bertz CT molecular complexity index is 864. The molecule has 144 valence electrons. The summed E-state index contributed by atoms with van der Waals surface area (Å²) in [6, 6.07) is 2.80. The minimum Gasteiger partial charge on any atom is -0.494 e. The van der Waals surface area contributed by atoms with Gasteiger partial charge in [0.05, 0.1) is 12.6 Å².